The van der Waals surface area contributed by atoms with Crippen LogP contribution in [-0.2, 0) is 4.74 Å². The molecule has 112 valence electrons. The monoisotopic (exact) mass is 278 g/mol. The van der Waals surface area contributed by atoms with Crippen molar-refractivity contribution in [2.75, 3.05) is 49.2 Å². The molecule has 1 aromatic heterocycles. The Bertz CT molecular complexity index is 412. The second-order valence-electron chi connectivity index (χ2n) is 5.25. The molecule has 0 radical (unpaired) electrons. The van der Waals surface area contributed by atoms with Gasteiger partial charge in [-0.15, -0.1) is 0 Å². The zero-order valence-corrected chi connectivity index (χ0v) is 12.9. The summed E-state index contributed by atoms with van der Waals surface area (Å²) in [6.45, 7) is 11.8. The van der Waals surface area contributed by atoms with Gasteiger partial charge in [-0.05, 0) is 19.8 Å². The van der Waals surface area contributed by atoms with Crippen LogP contribution in [-0.4, -0.2) is 49.4 Å². The molecular formula is C15H26N4O. The SMILES string of the molecule is CCCN(CCC)c1cc(C)nc(N2CCOCC2)n1. The highest BCUT2D eigenvalue weighted by Gasteiger charge is 2.16. The van der Waals surface area contributed by atoms with Crippen molar-refractivity contribution in [3.05, 3.63) is 11.8 Å². The first-order chi connectivity index (χ1) is 9.74. The van der Waals surface area contributed by atoms with E-state index in [9.17, 15) is 0 Å². The molecule has 1 aromatic rings. The molecule has 0 saturated carbocycles. The number of hydrogen-bond donors (Lipinski definition) is 0. The minimum Gasteiger partial charge on any atom is -0.378 e. The summed E-state index contributed by atoms with van der Waals surface area (Å²) in [6, 6.07) is 2.09. The Labute approximate surface area is 122 Å². The lowest BCUT2D eigenvalue weighted by Crippen LogP contribution is -2.38. The first-order valence-electron chi connectivity index (χ1n) is 7.68. The molecular weight excluding hydrogens is 252 g/mol. The Hall–Kier alpha value is -1.36. The summed E-state index contributed by atoms with van der Waals surface area (Å²) in [5.74, 6) is 1.91. The van der Waals surface area contributed by atoms with Gasteiger partial charge in [0, 0.05) is 37.9 Å². The highest BCUT2D eigenvalue weighted by atomic mass is 16.5. The van der Waals surface area contributed by atoms with Crippen LogP contribution in [0.5, 0.6) is 0 Å². The van der Waals surface area contributed by atoms with Gasteiger partial charge in [-0.25, -0.2) is 4.98 Å². The Morgan fingerprint density at radius 1 is 1.15 bits per heavy atom. The van der Waals surface area contributed by atoms with Gasteiger partial charge < -0.3 is 14.5 Å². The largest absolute Gasteiger partial charge is 0.378 e. The van der Waals surface area contributed by atoms with Gasteiger partial charge in [0.1, 0.15) is 5.82 Å². The number of aryl methyl sites for hydroxylation is 1. The van der Waals surface area contributed by atoms with E-state index in [-0.39, 0.29) is 0 Å². The second-order valence-corrected chi connectivity index (χ2v) is 5.25. The quantitative estimate of drug-likeness (QED) is 0.798. The van der Waals surface area contributed by atoms with Crippen molar-refractivity contribution in [3.8, 4) is 0 Å². The molecule has 2 rings (SSSR count). The smallest absolute Gasteiger partial charge is 0.227 e. The fourth-order valence-electron chi connectivity index (χ4n) is 2.48. The Kier molecular flexibility index (Phi) is 5.59. The molecule has 5 heteroatoms. The first-order valence-corrected chi connectivity index (χ1v) is 7.68. The lowest BCUT2D eigenvalue weighted by atomic mass is 10.3. The molecule has 2 heterocycles. The van der Waals surface area contributed by atoms with Crippen LogP contribution < -0.4 is 9.80 Å². The van der Waals surface area contributed by atoms with E-state index in [4.69, 9.17) is 9.72 Å². The van der Waals surface area contributed by atoms with E-state index >= 15 is 0 Å². The number of ether oxygens (including phenoxy) is 1. The van der Waals surface area contributed by atoms with E-state index in [0.29, 0.717) is 0 Å². The number of aromatic nitrogens is 2. The fourth-order valence-corrected chi connectivity index (χ4v) is 2.48. The normalized spacial score (nSPS) is 15.4. The van der Waals surface area contributed by atoms with Crippen LogP contribution in [0.1, 0.15) is 32.4 Å². The third kappa shape index (κ3) is 3.82. The molecule has 1 aliphatic heterocycles. The van der Waals surface area contributed by atoms with Gasteiger partial charge in [0.2, 0.25) is 5.95 Å². The maximum absolute atomic E-state index is 5.40. The average molecular weight is 278 g/mol. The van der Waals surface area contributed by atoms with Crippen LogP contribution >= 0.6 is 0 Å². The minimum absolute atomic E-state index is 0.764. The van der Waals surface area contributed by atoms with E-state index in [0.717, 1.165) is 69.7 Å². The molecule has 0 unspecified atom stereocenters. The zero-order valence-electron chi connectivity index (χ0n) is 12.9. The predicted octanol–water partition coefficient (Wildman–Crippen LogP) is 2.25. The topological polar surface area (TPSA) is 41.5 Å². The van der Waals surface area contributed by atoms with E-state index < -0.39 is 0 Å². The Morgan fingerprint density at radius 2 is 1.80 bits per heavy atom. The van der Waals surface area contributed by atoms with Crippen molar-refractivity contribution in [3.63, 3.8) is 0 Å². The third-order valence-corrected chi connectivity index (χ3v) is 3.43. The lowest BCUT2D eigenvalue weighted by molar-refractivity contribution is 0.122. The maximum Gasteiger partial charge on any atom is 0.227 e. The molecule has 1 fully saturated rings. The van der Waals surface area contributed by atoms with Gasteiger partial charge in [-0.3, -0.25) is 0 Å². The van der Waals surface area contributed by atoms with Crippen LogP contribution in [0, 0.1) is 6.92 Å². The molecule has 0 amide bonds. The second kappa shape index (κ2) is 7.43. The number of morpholine rings is 1. The van der Waals surface area contributed by atoms with Gasteiger partial charge >= 0.3 is 0 Å². The van der Waals surface area contributed by atoms with Gasteiger partial charge in [-0.2, -0.15) is 4.98 Å². The molecule has 0 aromatic carbocycles. The molecule has 0 atom stereocenters. The molecule has 0 aliphatic carbocycles. The molecule has 0 bridgehead atoms. The molecule has 0 N–H and O–H groups in total. The van der Waals surface area contributed by atoms with Crippen molar-refractivity contribution in [1.82, 2.24) is 9.97 Å². The van der Waals surface area contributed by atoms with E-state index in [1.54, 1.807) is 0 Å². The molecule has 1 saturated heterocycles. The summed E-state index contributed by atoms with van der Waals surface area (Å²) in [4.78, 5) is 14.0. The van der Waals surface area contributed by atoms with Gasteiger partial charge in [0.25, 0.3) is 0 Å². The third-order valence-electron chi connectivity index (χ3n) is 3.43. The summed E-state index contributed by atoms with van der Waals surface area (Å²) < 4.78 is 5.40. The van der Waals surface area contributed by atoms with Crippen LogP contribution in [0.4, 0.5) is 11.8 Å². The highest BCUT2D eigenvalue weighted by Crippen LogP contribution is 2.19. The van der Waals surface area contributed by atoms with Gasteiger partial charge in [0.15, 0.2) is 0 Å². The Morgan fingerprint density at radius 3 is 2.40 bits per heavy atom. The maximum atomic E-state index is 5.40. The van der Waals surface area contributed by atoms with Crippen molar-refractivity contribution in [2.24, 2.45) is 0 Å². The van der Waals surface area contributed by atoms with E-state index in [2.05, 4.69) is 34.7 Å². The summed E-state index contributed by atoms with van der Waals surface area (Å²) in [5, 5.41) is 0. The number of hydrogen-bond acceptors (Lipinski definition) is 5. The molecule has 1 aliphatic rings. The average Bonchev–Trinajstić information content (AvgIpc) is 2.47. The predicted molar refractivity (Wildman–Crippen MR) is 82.6 cm³/mol. The van der Waals surface area contributed by atoms with Crippen LogP contribution in [0.15, 0.2) is 6.07 Å². The molecule has 0 spiro atoms. The van der Waals surface area contributed by atoms with Gasteiger partial charge in [0.05, 0.1) is 13.2 Å². The van der Waals surface area contributed by atoms with Gasteiger partial charge in [-0.1, -0.05) is 13.8 Å². The Balaban J connectivity index is 2.21. The first kappa shape index (κ1) is 15.0. The number of rotatable bonds is 6. The standard InChI is InChI=1S/C15H26N4O/c1-4-6-18(7-5-2)14-12-13(3)16-15(17-14)19-8-10-20-11-9-19/h12H,4-11H2,1-3H3. The summed E-state index contributed by atoms with van der Waals surface area (Å²) in [7, 11) is 0. The van der Waals surface area contributed by atoms with E-state index in [1.807, 2.05) is 6.92 Å². The van der Waals surface area contributed by atoms with Crippen molar-refractivity contribution in [2.45, 2.75) is 33.6 Å². The highest BCUT2D eigenvalue weighted by molar-refractivity contribution is 5.46. The minimum atomic E-state index is 0.764. The fraction of sp³-hybridized carbons (Fsp3) is 0.733. The van der Waals surface area contributed by atoms with Crippen molar-refractivity contribution in [1.29, 1.82) is 0 Å². The summed E-state index contributed by atoms with van der Waals surface area (Å²) in [5.41, 5.74) is 1.04. The number of nitrogens with zero attached hydrogens (tertiary/aromatic N) is 4. The molecule has 20 heavy (non-hydrogen) atoms. The van der Waals surface area contributed by atoms with Crippen LogP contribution in [0.3, 0.4) is 0 Å². The summed E-state index contributed by atoms with van der Waals surface area (Å²) >= 11 is 0. The van der Waals surface area contributed by atoms with Crippen LogP contribution in [0.25, 0.3) is 0 Å². The van der Waals surface area contributed by atoms with Crippen molar-refractivity contribution >= 4 is 11.8 Å². The lowest BCUT2D eigenvalue weighted by Gasteiger charge is -2.29. The summed E-state index contributed by atoms with van der Waals surface area (Å²) in [6.07, 6.45) is 2.27. The van der Waals surface area contributed by atoms with Crippen LogP contribution in [0.2, 0.25) is 0 Å². The number of anilines is 2. The zero-order chi connectivity index (χ0) is 14.4. The van der Waals surface area contributed by atoms with E-state index in [1.165, 1.54) is 0 Å². The van der Waals surface area contributed by atoms with Crippen molar-refractivity contribution < 1.29 is 4.74 Å². The molecule has 5 nitrogen and oxygen atoms in total.